The topological polar surface area (TPSA) is 38.8 Å². The number of hydrogen-bond donors (Lipinski definition) is 0. The van der Waals surface area contributed by atoms with Crippen LogP contribution >= 0.6 is 0 Å². The van der Waals surface area contributed by atoms with Gasteiger partial charge in [-0.1, -0.05) is 12.1 Å². The average molecular weight is 335 g/mol. The Morgan fingerprint density at radius 3 is 2.87 bits per heavy atom. The standard InChI is InChI=1S/C15H17F4NO3/c16-12-3-1-2-11(8-12)13-9-20(5-7-23-13)14(21)4-6-22-10-15(17,18)19/h1-3,8,13H,4-7,9-10H2/t13-/m1/s1. The van der Waals surface area contributed by atoms with Gasteiger partial charge in [0.1, 0.15) is 18.5 Å². The van der Waals surface area contributed by atoms with Gasteiger partial charge in [0, 0.05) is 6.54 Å². The molecule has 0 radical (unpaired) electrons. The van der Waals surface area contributed by atoms with E-state index in [1.807, 2.05) is 0 Å². The molecular weight excluding hydrogens is 318 g/mol. The minimum Gasteiger partial charge on any atom is -0.372 e. The average Bonchev–Trinajstić information content (AvgIpc) is 2.50. The maximum Gasteiger partial charge on any atom is 0.411 e. The SMILES string of the molecule is O=C(CCOCC(F)(F)F)N1CCO[C@@H](c2cccc(F)c2)C1. The Bertz CT molecular complexity index is 536. The van der Waals surface area contributed by atoms with Gasteiger partial charge in [0.25, 0.3) is 0 Å². The fourth-order valence-electron chi connectivity index (χ4n) is 2.29. The van der Waals surface area contributed by atoms with Crippen LogP contribution in [0.1, 0.15) is 18.1 Å². The number of amides is 1. The zero-order valence-corrected chi connectivity index (χ0v) is 12.3. The Hall–Kier alpha value is -1.67. The van der Waals surface area contributed by atoms with Gasteiger partial charge >= 0.3 is 6.18 Å². The monoisotopic (exact) mass is 335 g/mol. The van der Waals surface area contributed by atoms with E-state index in [1.54, 1.807) is 12.1 Å². The largest absolute Gasteiger partial charge is 0.411 e. The Labute approximate surface area is 131 Å². The lowest BCUT2D eigenvalue weighted by Crippen LogP contribution is -2.42. The molecule has 0 bridgehead atoms. The molecule has 0 N–H and O–H groups in total. The first kappa shape index (κ1) is 17.7. The predicted octanol–water partition coefficient (Wildman–Crippen LogP) is 2.69. The zero-order chi connectivity index (χ0) is 16.9. The molecule has 1 amide bonds. The summed E-state index contributed by atoms with van der Waals surface area (Å²) in [7, 11) is 0. The van der Waals surface area contributed by atoms with Gasteiger partial charge < -0.3 is 14.4 Å². The van der Waals surface area contributed by atoms with E-state index < -0.39 is 24.7 Å². The molecule has 0 saturated carbocycles. The lowest BCUT2D eigenvalue weighted by Gasteiger charge is -2.33. The van der Waals surface area contributed by atoms with Gasteiger partial charge in [-0.2, -0.15) is 13.2 Å². The lowest BCUT2D eigenvalue weighted by molar-refractivity contribution is -0.175. The van der Waals surface area contributed by atoms with Crippen LogP contribution in [0.2, 0.25) is 0 Å². The first-order chi connectivity index (χ1) is 10.8. The third kappa shape index (κ3) is 5.80. The molecule has 1 fully saturated rings. The molecule has 8 heteroatoms. The highest BCUT2D eigenvalue weighted by Crippen LogP contribution is 2.23. The van der Waals surface area contributed by atoms with E-state index in [4.69, 9.17) is 4.74 Å². The molecule has 4 nitrogen and oxygen atoms in total. The number of nitrogens with zero attached hydrogens (tertiary/aromatic N) is 1. The van der Waals surface area contributed by atoms with Crippen LogP contribution in [-0.2, 0) is 14.3 Å². The number of carbonyl (C=O) groups excluding carboxylic acids is 1. The van der Waals surface area contributed by atoms with Crippen LogP contribution in [0.4, 0.5) is 17.6 Å². The summed E-state index contributed by atoms with van der Waals surface area (Å²) in [6, 6.07) is 5.91. The van der Waals surface area contributed by atoms with Crippen LogP contribution in [0.25, 0.3) is 0 Å². The van der Waals surface area contributed by atoms with E-state index in [2.05, 4.69) is 4.74 Å². The first-order valence-electron chi connectivity index (χ1n) is 7.14. The molecular formula is C15H17F4NO3. The van der Waals surface area contributed by atoms with Gasteiger partial charge in [-0.3, -0.25) is 4.79 Å². The van der Waals surface area contributed by atoms with Crippen molar-refractivity contribution >= 4 is 5.91 Å². The van der Waals surface area contributed by atoms with E-state index in [1.165, 1.54) is 17.0 Å². The minimum atomic E-state index is -4.40. The fraction of sp³-hybridized carbons (Fsp3) is 0.533. The highest BCUT2D eigenvalue weighted by Gasteiger charge is 2.28. The van der Waals surface area contributed by atoms with Gasteiger partial charge in [0.05, 0.1) is 26.2 Å². The van der Waals surface area contributed by atoms with Crippen molar-refractivity contribution in [2.24, 2.45) is 0 Å². The van der Waals surface area contributed by atoms with Crippen molar-refractivity contribution in [2.75, 3.05) is 32.9 Å². The normalized spacial score (nSPS) is 19.0. The van der Waals surface area contributed by atoms with Crippen LogP contribution in [0.15, 0.2) is 24.3 Å². The van der Waals surface area contributed by atoms with Crippen LogP contribution in [0.5, 0.6) is 0 Å². The van der Waals surface area contributed by atoms with Crippen LogP contribution in [0, 0.1) is 5.82 Å². The van der Waals surface area contributed by atoms with Crippen molar-refractivity contribution in [3.8, 4) is 0 Å². The third-order valence-electron chi connectivity index (χ3n) is 3.37. The van der Waals surface area contributed by atoms with Crippen molar-refractivity contribution in [1.29, 1.82) is 0 Å². The Balaban J connectivity index is 1.82. The molecule has 128 valence electrons. The Kier molecular flexibility index (Phi) is 5.95. The summed E-state index contributed by atoms with van der Waals surface area (Å²) in [5.74, 6) is -0.702. The van der Waals surface area contributed by atoms with Crippen LogP contribution in [0.3, 0.4) is 0 Å². The summed E-state index contributed by atoms with van der Waals surface area (Å²) in [6.45, 7) is -0.780. The molecule has 0 aromatic heterocycles. The summed E-state index contributed by atoms with van der Waals surface area (Å²) in [5, 5.41) is 0. The minimum absolute atomic E-state index is 0.133. The van der Waals surface area contributed by atoms with E-state index in [0.29, 0.717) is 12.1 Å². The zero-order valence-electron chi connectivity index (χ0n) is 12.3. The molecule has 1 saturated heterocycles. The molecule has 2 rings (SSSR count). The number of halogens is 4. The smallest absolute Gasteiger partial charge is 0.372 e. The third-order valence-corrected chi connectivity index (χ3v) is 3.37. The highest BCUT2D eigenvalue weighted by molar-refractivity contribution is 5.76. The molecule has 0 spiro atoms. The second-order valence-electron chi connectivity index (χ2n) is 5.17. The Morgan fingerprint density at radius 2 is 2.17 bits per heavy atom. The Morgan fingerprint density at radius 1 is 1.39 bits per heavy atom. The molecule has 1 heterocycles. The molecule has 1 atom stereocenters. The summed E-state index contributed by atoms with van der Waals surface area (Å²) in [5.41, 5.74) is 0.621. The van der Waals surface area contributed by atoms with Gasteiger partial charge in [0.15, 0.2) is 0 Å². The van der Waals surface area contributed by atoms with E-state index in [-0.39, 0.29) is 32.1 Å². The second kappa shape index (κ2) is 7.74. The van der Waals surface area contributed by atoms with Crippen molar-refractivity contribution < 1.29 is 31.8 Å². The van der Waals surface area contributed by atoms with Crippen molar-refractivity contribution in [3.63, 3.8) is 0 Å². The number of benzene rings is 1. The predicted molar refractivity (Wildman–Crippen MR) is 73.2 cm³/mol. The highest BCUT2D eigenvalue weighted by atomic mass is 19.4. The quantitative estimate of drug-likeness (QED) is 0.613. The number of hydrogen-bond acceptors (Lipinski definition) is 3. The number of carbonyl (C=O) groups is 1. The molecule has 1 aromatic carbocycles. The van der Waals surface area contributed by atoms with Crippen LogP contribution < -0.4 is 0 Å². The first-order valence-corrected chi connectivity index (χ1v) is 7.14. The summed E-state index contributed by atoms with van der Waals surface area (Å²) in [4.78, 5) is 13.5. The number of rotatable bonds is 5. The molecule has 23 heavy (non-hydrogen) atoms. The van der Waals surface area contributed by atoms with Crippen molar-refractivity contribution in [2.45, 2.75) is 18.7 Å². The van der Waals surface area contributed by atoms with Gasteiger partial charge in [0.2, 0.25) is 5.91 Å². The second-order valence-corrected chi connectivity index (χ2v) is 5.17. The summed E-state index contributed by atoms with van der Waals surface area (Å²) in [6.07, 6.45) is -4.98. The maximum absolute atomic E-state index is 13.2. The summed E-state index contributed by atoms with van der Waals surface area (Å²) < 4.78 is 59.0. The van der Waals surface area contributed by atoms with Crippen molar-refractivity contribution in [1.82, 2.24) is 4.90 Å². The molecule has 0 unspecified atom stereocenters. The lowest BCUT2D eigenvalue weighted by atomic mass is 10.1. The molecule has 1 aromatic rings. The number of morpholine rings is 1. The van der Waals surface area contributed by atoms with Gasteiger partial charge in [-0.25, -0.2) is 4.39 Å². The number of alkyl halides is 3. The van der Waals surface area contributed by atoms with Gasteiger partial charge in [-0.05, 0) is 17.7 Å². The van der Waals surface area contributed by atoms with E-state index in [9.17, 15) is 22.4 Å². The van der Waals surface area contributed by atoms with Crippen LogP contribution in [-0.4, -0.2) is 49.9 Å². The van der Waals surface area contributed by atoms with E-state index in [0.717, 1.165) is 0 Å². The van der Waals surface area contributed by atoms with Crippen molar-refractivity contribution in [3.05, 3.63) is 35.6 Å². The maximum atomic E-state index is 13.2. The fourth-order valence-corrected chi connectivity index (χ4v) is 2.29. The number of ether oxygens (including phenoxy) is 2. The summed E-state index contributed by atoms with van der Waals surface area (Å²) >= 11 is 0. The molecule has 1 aliphatic rings. The van der Waals surface area contributed by atoms with Gasteiger partial charge in [-0.15, -0.1) is 0 Å². The molecule has 0 aliphatic carbocycles. The van der Waals surface area contributed by atoms with E-state index >= 15 is 0 Å². The molecule has 1 aliphatic heterocycles.